The lowest BCUT2D eigenvalue weighted by atomic mass is 10.1. The summed E-state index contributed by atoms with van der Waals surface area (Å²) in [5.74, 6) is 0.697. The van der Waals surface area contributed by atoms with Crippen molar-refractivity contribution in [3.05, 3.63) is 28.6 Å². The first-order valence-electron chi connectivity index (χ1n) is 7.47. The van der Waals surface area contributed by atoms with Crippen molar-refractivity contribution in [3.63, 3.8) is 0 Å². The van der Waals surface area contributed by atoms with Crippen LogP contribution in [0.25, 0.3) is 10.9 Å². The minimum atomic E-state index is -0.381. The first kappa shape index (κ1) is 16.9. The zero-order chi connectivity index (χ0) is 17.0. The Kier molecular flexibility index (Phi) is 5.28. The number of hydrogen-bond acceptors (Lipinski definition) is 7. The minimum Gasteiger partial charge on any atom is -0.380 e. The van der Waals surface area contributed by atoms with Gasteiger partial charge in [0.05, 0.1) is 10.4 Å². The van der Waals surface area contributed by atoms with Crippen LogP contribution in [0.5, 0.6) is 0 Å². The van der Waals surface area contributed by atoms with Crippen LogP contribution in [-0.2, 0) is 0 Å². The van der Waals surface area contributed by atoms with Crippen LogP contribution in [0.15, 0.2) is 18.5 Å². The van der Waals surface area contributed by atoms with Gasteiger partial charge in [0.2, 0.25) is 0 Å². The Morgan fingerprint density at radius 1 is 1.22 bits per heavy atom. The molecule has 8 heteroatoms. The molecular weight excluding hydrogens is 296 g/mol. The van der Waals surface area contributed by atoms with Gasteiger partial charge >= 0.3 is 0 Å². The van der Waals surface area contributed by atoms with Gasteiger partial charge in [0, 0.05) is 38.1 Å². The van der Waals surface area contributed by atoms with E-state index in [0.717, 1.165) is 13.1 Å². The smallest absolute Gasteiger partial charge is 0.293 e. The summed E-state index contributed by atoms with van der Waals surface area (Å²) in [6.07, 6.45) is 1.49. The number of anilines is 2. The fraction of sp³-hybridized carbons (Fsp3) is 0.467. The number of hydrogen-bond donors (Lipinski definition) is 1. The second-order valence-electron chi connectivity index (χ2n) is 5.60. The van der Waals surface area contributed by atoms with Crippen LogP contribution in [0.4, 0.5) is 17.2 Å². The molecule has 0 radical (unpaired) electrons. The second kappa shape index (κ2) is 7.19. The quantitative estimate of drug-likeness (QED) is 0.617. The van der Waals surface area contributed by atoms with Gasteiger partial charge in [-0.2, -0.15) is 0 Å². The van der Waals surface area contributed by atoms with Crippen LogP contribution in [0, 0.1) is 10.1 Å². The van der Waals surface area contributed by atoms with Crippen molar-refractivity contribution in [1.82, 2.24) is 14.9 Å². The van der Waals surface area contributed by atoms with E-state index in [-0.39, 0.29) is 10.6 Å². The number of nitro groups is 1. The predicted octanol–water partition coefficient (Wildman–Crippen LogP) is 1.97. The molecule has 2 rings (SSSR count). The molecule has 8 nitrogen and oxygen atoms in total. The molecule has 0 amide bonds. The lowest BCUT2D eigenvalue weighted by Crippen LogP contribution is -2.29. The molecule has 1 aromatic carbocycles. The molecule has 0 atom stereocenters. The molecule has 1 N–H and O–H groups in total. The van der Waals surface area contributed by atoms with Crippen LogP contribution in [0.1, 0.15) is 6.92 Å². The number of nitrogens with zero attached hydrogens (tertiary/aromatic N) is 5. The molecule has 0 saturated heterocycles. The van der Waals surface area contributed by atoms with Gasteiger partial charge in [-0.05, 0) is 27.1 Å². The fourth-order valence-electron chi connectivity index (χ4n) is 2.32. The summed E-state index contributed by atoms with van der Waals surface area (Å²) in [5, 5.41) is 15.0. The molecule has 0 saturated carbocycles. The lowest BCUT2D eigenvalue weighted by molar-refractivity contribution is -0.383. The molecule has 0 fully saturated rings. The van der Waals surface area contributed by atoms with Crippen LogP contribution in [-0.4, -0.2) is 60.6 Å². The highest BCUT2D eigenvalue weighted by Gasteiger charge is 2.18. The van der Waals surface area contributed by atoms with Gasteiger partial charge in [-0.3, -0.25) is 10.1 Å². The topological polar surface area (TPSA) is 87.4 Å². The summed E-state index contributed by atoms with van der Waals surface area (Å²) in [7, 11) is 5.92. The Morgan fingerprint density at radius 3 is 2.57 bits per heavy atom. The third-order valence-corrected chi connectivity index (χ3v) is 3.54. The Labute approximate surface area is 135 Å². The SMILES string of the molecule is CCNc1cc2ncnc(N(C)CCN(C)C)c2cc1[N+](=O)[O-]. The van der Waals surface area contributed by atoms with E-state index in [0.29, 0.717) is 29.0 Å². The van der Waals surface area contributed by atoms with Crippen molar-refractivity contribution in [2.75, 3.05) is 51.0 Å². The molecule has 0 aliphatic carbocycles. The van der Waals surface area contributed by atoms with Crippen LogP contribution in [0.2, 0.25) is 0 Å². The minimum absolute atomic E-state index is 0.0383. The molecule has 2 aromatic rings. The van der Waals surface area contributed by atoms with E-state index in [4.69, 9.17) is 0 Å². The highest BCUT2D eigenvalue weighted by Crippen LogP contribution is 2.32. The highest BCUT2D eigenvalue weighted by atomic mass is 16.6. The van der Waals surface area contributed by atoms with Crippen molar-refractivity contribution in [2.45, 2.75) is 6.92 Å². The predicted molar refractivity (Wildman–Crippen MR) is 92.2 cm³/mol. The van der Waals surface area contributed by atoms with Crippen LogP contribution >= 0.6 is 0 Å². The van der Waals surface area contributed by atoms with E-state index in [1.165, 1.54) is 6.33 Å². The first-order chi connectivity index (χ1) is 10.9. The van der Waals surface area contributed by atoms with Gasteiger partial charge in [-0.25, -0.2) is 9.97 Å². The Bertz CT molecular complexity index is 704. The molecule has 0 aliphatic rings. The maximum absolute atomic E-state index is 11.3. The van der Waals surface area contributed by atoms with Crippen molar-refractivity contribution >= 4 is 28.1 Å². The monoisotopic (exact) mass is 318 g/mol. The van der Waals surface area contributed by atoms with Gasteiger partial charge in [0.25, 0.3) is 5.69 Å². The lowest BCUT2D eigenvalue weighted by Gasteiger charge is -2.21. The highest BCUT2D eigenvalue weighted by molar-refractivity contribution is 5.94. The second-order valence-corrected chi connectivity index (χ2v) is 5.60. The number of likely N-dealkylation sites (N-methyl/N-ethyl adjacent to an activating group) is 2. The summed E-state index contributed by atoms with van der Waals surface area (Å²) in [5.41, 5.74) is 1.20. The third kappa shape index (κ3) is 3.84. The summed E-state index contributed by atoms with van der Waals surface area (Å²) in [6.45, 7) is 4.13. The molecule has 1 aromatic heterocycles. The summed E-state index contributed by atoms with van der Waals surface area (Å²) < 4.78 is 0. The summed E-state index contributed by atoms with van der Waals surface area (Å²) >= 11 is 0. The van der Waals surface area contributed by atoms with Crippen molar-refractivity contribution in [2.24, 2.45) is 0 Å². The zero-order valence-electron chi connectivity index (χ0n) is 13.9. The molecule has 0 spiro atoms. The number of benzene rings is 1. The van der Waals surface area contributed by atoms with E-state index >= 15 is 0 Å². The van der Waals surface area contributed by atoms with E-state index in [1.807, 2.05) is 33.0 Å². The summed E-state index contributed by atoms with van der Waals surface area (Å²) in [4.78, 5) is 23.6. The van der Waals surface area contributed by atoms with Crippen molar-refractivity contribution in [1.29, 1.82) is 0 Å². The number of nitro benzene ring substituents is 1. The molecular formula is C15H22N6O2. The first-order valence-corrected chi connectivity index (χ1v) is 7.47. The van der Waals surface area contributed by atoms with Gasteiger partial charge < -0.3 is 15.1 Å². The van der Waals surface area contributed by atoms with Crippen molar-refractivity contribution in [3.8, 4) is 0 Å². The largest absolute Gasteiger partial charge is 0.380 e. The maximum Gasteiger partial charge on any atom is 0.293 e. The number of rotatable bonds is 7. The molecule has 0 bridgehead atoms. The van der Waals surface area contributed by atoms with Gasteiger partial charge in [0.15, 0.2) is 0 Å². The Hall–Kier alpha value is -2.48. The molecule has 0 aliphatic heterocycles. The Balaban J connectivity index is 2.50. The van der Waals surface area contributed by atoms with E-state index < -0.39 is 0 Å². The molecule has 0 unspecified atom stereocenters. The van der Waals surface area contributed by atoms with Gasteiger partial charge in [-0.1, -0.05) is 0 Å². The number of nitrogens with one attached hydrogen (secondary N) is 1. The van der Waals surface area contributed by atoms with Crippen LogP contribution in [0.3, 0.4) is 0 Å². The molecule has 23 heavy (non-hydrogen) atoms. The standard InChI is InChI=1S/C15H22N6O2/c1-5-16-13-9-12-11(8-14(13)21(22)23)15(18-10-17-12)20(4)7-6-19(2)3/h8-10,16H,5-7H2,1-4H3. The maximum atomic E-state index is 11.3. The zero-order valence-corrected chi connectivity index (χ0v) is 13.9. The molecule has 124 valence electrons. The van der Waals surface area contributed by atoms with Gasteiger partial charge in [0.1, 0.15) is 17.8 Å². The number of aromatic nitrogens is 2. The normalized spacial score (nSPS) is 11.0. The average Bonchev–Trinajstić information content (AvgIpc) is 2.51. The third-order valence-electron chi connectivity index (χ3n) is 3.54. The molecule has 1 heterocycles. The van der Waals surface area contributed by atoms with Crippen molar-refractivity contribution < 1.29 is 4.92 Å². The van der Waals surface area contributed by atoms with E-state index in [2.05, 4.69) is 20.2 Å². The Morgan fingerprint density at radius 2 is 1.96 bits per heavy atom. The number of fused-ring (bicyclic) bond motifs is 1. The van der Waals surface area contributed by atoms with E-state index in [1.54, 1.807) is 12.1 Å². The van der Waals surface area contributed by atoms with E-state index in [9.17, 15) is 10.1 Å². The van der Waals surface area contributed by atoms with Gasteiger partial charge in [-0.15, -0.1) is 0 Å². The van der Waals surface area contributed by atoms with Crippen LogP contribution < -0.4 is 10.2 Å². The average molecular weight is 318 g/mol. The fourth-order valence-corrected chi connectivity index (χ4v) is 2.32. The summed E-state index contributed by atoms with van der Waals surface area (Å²) in [6, 6.07) is 3.26.